The highest BCUT2D eigenvalue weighted by molar-refractivity contribution is 14.0. The van der Waals surface area contributed by atoms with Gasteiger partial charge in [0.1, 0.15) is 6.54 Å². The van der Waals surface area contributed by atoms with Gasteiger partial charge in [-0.1, -0.05) is 42.4 Å². The van der Waals surface area contributed by atoms with Crippen molar-refractivity contribution in [2.24, 2.45) is 4.99 Å². The first-order chi connectivity index (χ1) is 11.8. The standard InChI is InChI=1S/C18H26N4O2.HI/c1-3-16-12-17(24-22-16)13-21-18(19-4-2)20-10-11-23-14-15-8-6-5-7-9-15;/h5-9,12H,3-4,10-11,13-14H2,1-2H3,(H2,19,20,21);1H. The van der Waals surface area contributed by atoms with Crippen LogP contribution in [0.3, 0.4) is 0 Å². The molecule has 0 aliphatic heterocycles. The number of aromatic nitrogens is 1. The molecular formula is C18H27IN4O2. The SMILES string of the molecule is CCNC(=NCc1cc(CC)no1)NCCOCc1ccccc1.I. The predicted octanol–water partition coefficient (Wildman–Crippen LogP) is 3.13. The van der Waals surface area contributed by atoms with Gasteiger partial charge in [-0.25, -0.2) is 4.99 Å². The van der Waals surface area contributed by atoms with Gasteiger partial charge in [0.15, 0.2) is 11.7 Å². The molecule has 1 aromatic carbocycles. The van der Waals surface area contributed by atoms with Gasteiger partial charge >= 0.3 is 0 Å². The summed E-state index contributed by atoms with van der Waals surface area (Å²) in [7, 11) is 0. The molecule has 2 rings (SSSR count). The topological polar surface area (TPSA) is 71.7 Å². The van der Waals surface area contributed by atoms with Crippen LogP contribution in [-0.2, 0) is 24.3 Å². The molecule has 0 fully saturated rings. The zero-order valence-corrected chi connectivity index (χ0v) is 17.2. The summed E-state index contributed by atoms with van der Waals surface area (Å²) in [6.45, 7) is 7.27. The Morgan fingerprint density at radius 3 is 2.68 bits per heavy atom. The van der Waals surface area contributed by atoms with E-state index < -0.39 is 0 Å². The van der Waals surface area contributed by atoms with Gasteiger partial charge in [-0.3, -0.25) is 0 Å². The number of aliphatic imine (C=N–C) groups is 1. The number of guanidine groups is 1. The van der Waals surface area contributed by atoms with Gasteiger partial charge in [-0.15, -0.1) is 24.0 Å². The number of hydrogen-bond acceptors (Lipinski definition) is 4. The summed E-state index contributed by atoms with van der Waals surface area (Å²) >= 11 is 0. The van der Waals surface area contributed by atoms with Crippen LogP contribution in [0, 0.1) is 0 Å². The number of halogens is 1. The van der Waals surface area contributed by atoms with Gasteiger partial charge in [0.05, 0.1) is 18.9 Å². The molecule has 0 unspecified atom stereocenters. The van der Waals surface area contributed by atoms with Crippen LogP contribution in [0.5, 0.6) is 0 Å². The maximum atomic E-state index is 5.66. The highest BCUT2D eigenvalue weighted by atomic mass is 127. The Kier molecular flexibility index (Phi) is 10.9. The van der Waals surface area contributed by atoms with Crippen molar-refractivity contribution >= 4 is 29.9 Å². The van der Waals surface area contributed by atoms with E-state index in [0.29, 0.717) is 26.3 Å². The van der Waals surface area contributed by atoms with Gasteiger partial charge in [0, 0.05) is 19.2 Å². The van der Waals surface area contributed by atoms with Crippen molar-refractivity contribution < 1.29 is 9.26 Å². The molecule has 0 amide bonds. The van der Waals surface area contributed by atoms with E-state index in [-0.39, 0.29) is 24.0 Å². The zero-order valence-electron chi connectivity index (χ0n) is 14.8. The summed E-state index contributed by atoms with van der Waals surface area (Å²) in [5.74, 6) is 1.51. The molecule has 2 aromatic rings. The van der Waals surface area contributed by atoms with Crippen molar-refractivity contribution in [2.45, 2.75) is 33.4 Å². The van der Waals surface area contributed by atoms with Crippen molar-refractivity contribution in [1.82, 2.24) is 15.8 Å². The van der Waals surface area contributed by atoms with Gasteiger partial charge in [0.25, 0.3) is 0 Å². The molecule has 0 atom stereocenters. The summed E-state index contributed by atoms with van der Waals surface area (Å²) in [5, 5.41) is 10.4. The highest BCUT2D eigenvalue weighted by Gasteiger charge is 2.03. The number of aryl methyl sites for hydroxylation is 1. The fourth-order valence-corrected chi connectivity index (χ4v) is 2.10. The lowest BCUT2D eigenvalue weighted by Crippen LogP contribution is -2.38. The van der Waals surface area contributed by atoms with E-state index in [0.717, 1.165) is 30.4 Å². The van der Waals surface area contributed by atoms with Crippen LogP contribution in [0.15, 0.2) is 45.9 Å². The molecule has 7 heteroatoms. The van der Waals surface area contributed by atoms with Crippen LogP contribution in [0.2, 0.25) is 0 Å². The van der Waals surface area contributed by atoms with Crippen molar-refractivity contribution in [3.05, 3.63) is 53.4 Å². The minimum absolute atomic E-state index is 0. The van der Waals surface area contributed by atoms with E-state index in [9.17, 15) is 0 Å². The first kappa shape index (κ1) is 21.4. The van der Waals surface area contributed by atoms with E-state index in [1.54, 1.807) is 0 Å². The second-order valence-electron chi connectivity index (χ2n) is 5.30. The quantitative estimate of drug-likeness (QED) is 0.262. The Bertz CT molecular complexity index is 617. The van der Waals surface area contributed by atoms with Crippen LogP contribution in [0.1, 0.15) is 30.9 Å². The lowest BCUT2D eigenvalue weighted by Gasteiger charge is -2.11. The molecular weight excluding hydrogens is 431 g/mol. The van der Waals surface area contributed by atoms with Gasteiger partial charge < -0.3 is 19.9 Å². The molecule has 0 aliphatic rings. The lowest BCUT2D eigenvalue weighted by atomic mass is 10.2. The minimum Gasteiger partial charge on any atom is -0.375 e. The van der Waals surface area contributed by atoms with Crippen LogP contribution < -0.4 is 10.6 Å². The normalized spacial score (nSPS) is 11.0. The first-order valence-electron chi connectivity index (χ1n) is 8.40. The predicted molar refractivity (Wildman–Crippen MR) is 110 cm³/mol. The van der Waals surface area contributed by atoms with Gasteiger partial charge in [-0.2, -0.15) is 0 Å². The number of hydrogen-bond donors (Lipinski definition) is 2. The monoisotopic (exact) mass is 458 g/mol. The molecule has 0 spiro atoms. The molecule has 0 bridgehead atoms. The molecule has 138 valence electrons. The average molecular weight is 458 g/mol. The lowest BCUT2D eigenvalue weighted by molar-refractivity contribution is 0.125. The molecule has 0 saturated heterocycles. The molecule has 6 nitrogen and oxygen atoms in total. The van der Waals surface area contributed by atoms with Gasteiger partial charge in [-0.05, 0) is 18.9 Å². The largest absolute Gasteiger partial charge is 0.375 e. The molecule has 0 radical (unpaired) electrons. The van der Waals surface area contributed by atoms with Gasteiger partial charge in [0.2, 0.25) is 0 Å². The molecule has 2 N–H and O–H groups in total. The van der Waals surface area contributed by atoms with Crippen molar-refractivity contribution in [2.75, 3.05) is 19.7 Å². The van der Waals surface area contributed by atoms with Crippen molar-refractivity contribution in [3.63, 3.8) is 0 Å². The first-order valence-corrected chi connectivity index (χ1v) is 8.40. The number of nitrogens with zero attached hydrogens (tertiary/aromatic N) is 2. The maximum absolute atomic E-state index is 5.66. The fraction of sp³-hybridized carbons (Fsp3) is 0.444. The van der Waals surface area contributed by atoms with Crippen LogP contribution in [-0.4, -0.2) is 30.8 Å². The average Bonchev–Trinajstić information content (AvgIpc) is 3.08. The summed E-state index contributed by atoms with van der Waals surface area (Å²) in [5.41, 5.74) is 2.13. The third-order valence-electron chi connectivity index (χ3n) is 3.36. The second-order valence-corrected chi connectivity index (χ2v) is 5.30. The third-order valence-corrected chi connectivity index (χ3v) is 3.36. The summed E-state index contributed by atoms with van der Waals surface area (Å²) in [4.78, 5) is 4.49. The Balaban J connectivity index is 0.00000312. The summed E-state index contributed by atoms with van der Waals surface area (Å²) < 4.78 is 10.9. The summed E-state index contributed by atoms with van der Waals surface area (Å²) in [6, 6.07) is 12.1. The van der Waals surface area contributed by atoms with Crippen LogP contribution >= 0.6 is 24.0 Å². The Morgan fingerprint density at radius 1 is 1.20 bits per heavy atom. The van der Waals surface area contributed by atoms with E-state index in [1.165, 1.54) is 5.56 Å². The smallest absolute Gasteiger partial charge is 0.191 e. The Morgan fingerprint density at radius 2 is 2.00 bits per heavy atom. The van der Waals surface area contributed by atoms with Crippen molar-refractivity contribution in [3.8, 4) is 0 Å². The molecule has 0 saturated carbocycles. The molecule has 1 aromatic heterocycles. The Labute approximate surface area is 166 Å². The third kappa shape index (κ3) is 8.35. The molecule has 25 heavy (non-hydrogen) atoms. The van der Waals surface area contributed by atoms with E-state index in [4.69, 9.17) is 9.26 Å². The minimum atomic E-state index is 0. The number of nitrogens with one attached hydrogen (secondary N) is 2. The highest BCUT2D eigenvalue weighted by Crippen LogP contribution is 2.05. The zero-order chi connectivity index (χ0) is 17.0. The fourth-order valence-electron chi connectivity index (χ4n) is 2.10. The van der Waals surface area contributed by atoms with Crippen LogP contribution in [0.4, 0.5) is 0 Å². The summed E-state index contributed by atoms with van der Waals surface area (Å²) in [6.07, 6.45) is 0.865. The number of rotatable bonds is 9. The Hall–Kier alpha value is -1.61. The number of ether oxygens (including phenoxy) is 1. The van der Waals surface area contributed by atoms with E-state index >= 15 is 0 Å². The second kappa shape index (κ2) is 12.7. The van der Waals surface area contributed by atoms with E-state index in [2.05, 4.69) is 32.9 Å². The maximum Gasteiger partial charge on any atom is 0.191 e. The van der Waals surface area contributed by atoms with Crippen molar-refractivity contribution in [1.29, 1.82) is 0 Å². The number of benzene rings is 1. The van der Waals surface area contributed by atoms with E-state index in [1.807, 2.05) is 38.1 Å². The molecule has 0 aliphatic carbocycles. The van der Waals surface area contributed by atoms with Crippen LogP contribution in [0.25, 0.3) is 0 Å². The molecule has 1 heterocycles.